The van der Waals surface area contributed by atoms with E-state index in [0.29, 0.717) is 0 Å². The molecule has 1 aliphatic carbocycles. The quantitative estimate of drug-likeness (QED) is 0.797. The Morgan fingerprint density at radius 2 is 2.09 bits per heavy atom. The summed E-state index contributed by atoms with van der Waals surface area (Å²) in [6.07, 6.45) is 2.97. The number of pyridine rings is 1. The third-order valence-corrected chi connectivity index (χ3v) is 3.76. The van der Waals surface area contributed by atoms with Crippen molar-refractivity contribution in [3.63, 3.8) is 0 Å². The normalized spacial score (nSPS) is 13.8. The molecule has 0 saturated heterocycles. The number of carbonyl (C=O) groups excluding carboxylic acids is 2. The Bertz CT molecular complexity index is 925. The van der Waals surface area contributed by atoms with Crippen molar-refractivity contribution < 1.29 is 9.59 Å². The lowest BCUT2D eigenvalue weighted by Gasteiger charge is -2.15. The Hall–Kier alpha value is -2.97. The van der Waals surface area contributed by atoms with E-state index in [9.17, 15) is 19.2 Å². The highest BCUT2D eigenvalue weighted by Gasteiger charge is 2.28. The summed E-state index contributed by atoms with van der Waals surface area (Å²) in [5, 5.41) is 2.48. The Labute approximate surface area is 129 Å². The average Bonchev–Trinajstić information content (AvgIpc) is 3.37. The van der Waals surface area contributed by atoms with E-state index in [1.165, 1.54) is 30.9 Å². The monoisotopic (exact) mass is 317 g/mol. The first-order valence-corrected chi connectivity index (χ1v) is 7.08. The summed E-state index contributed by atoms with van der Waals surface area (Å²) in [7, 11) is 2.73. The lowest BCUT2D eigenvalue weighted by Crippen LogP contribution is -2.39. The molecule has 9 heteroatoms. The molecule has 3 rings (SSSR count). The molecule has 2 heterocycles. The van der Waals surface area contributed by atoms with E-state index in [1.807, 2.05) is 0 Å². The molecule has 23 heavy (non-hydrogen) atoms. The van der Waals surface area contributed by atoms with Gasteiger partial charge in [-0.2, -0.15) is 0 Å². The van der Waals surface area contributed by atoms with Gasteiger partial charge in [0.05, 0.1) is 10.9 Å². The third kappa shape index (κ3) is 2.50. The number of nitrogens with one attached hydrogen (secondary N) is 2. The number of hydrogen-bond donors (Lipinski definition) is 2. The van der Waals surface area contributed by atoms with Crippen LogP contribution in [0.15, 0.2) is 21.9 Å². The molecule has 0 radical (unpaired) electrons. The van der Waals surface area contributed by atoms with Crippen LogP contribution < -0.4 is 16.6 Å². The van der Waals surface area contributed by atoms with Crippen LogP contribution in [0, 0.1) is 0 Å². The van der Waals surface area contributed by atoms with Gasteiger partial charge in [0.25, 0.3) is 11.5 Å². The van der Waals surface area contributed by atoms with E-state index in [1.54, 1.807) is 0 Å². The number of nitrogens with zero attached hydrogens (tertiary/aromatic N) is 3. The molecular formula is C14H15N5O4. The number of urea groups is 1. The van der Waals surface area contributed by atoms with Gasteiger partial charge in [0, 0.05) is 26.3 Å². The van der Waals surface area contributed by atoms with Gasteiger partial charge in [-0.05, 0) is 18.9 Å². The van der Waals surface area contributed by atoms with E-state index in [4.69, 9.17) is 0 Å². The number of aromatic amines is 1. The van der Waals surface area contributed by atoms with Gasteiger partial charge >= 0.3 is 11.7 Å². The number of carbonyl (C=O) groups is 2. The highest BCUT2D eigenvalue weighted by molar-refractivity contribution is 6.05. The molecule has 1 fully saturated rings. The molecule has 0 spiro atoms. The van der Waals surface area contributed by atoms with Crippen molar-refractivity contribution in [3.8, 4) is 0 Å². The van der Waals surface area contributed by atoms with Gasteiger partial charge < -0.3 is 5.32 Å². The first kappa shape index (κ1) is 14.9. The smallest absolute Gasteiger partial charge is 0.330 e. The topological polar surface area (TPSA) is 117 Å². The number of H-pyrrole nitrogens is 1. The summed E-state index contributed by atoms with van der Waals surface area (Å²) in [5.41, 5.74) is -0.763. The number of rotatable bonds is 2. The van der Waals surface area contributed by atoms with Crippen LogP contribution in [0.5, 0.6) is 0 Å². The molecule has 1 saturated carbocycles. The van der Waals surface area contributed by atoms with Crippen molar-refractivity contribution in [2.24, 2.45) is 0 Å². The predicted molar refractivity (Wildman–Crippen MR) is 81.4 cm³/mol. The van der Waals surface area contributed by atoms with E-state index < -0.39 is 23.2 Å². The summed E-state index contributed by atoms with van der Waals surface area (Å²) in [5.74, 6) is -0.595. The fourth-order valence-electron chi connectivity index (χ4n) is 2.38. The van der Waals surface area contributed by atoms with Gasteiger partial charge in [0.1, 0.15) is 5.65 Å². The molecule has 0 aromatic carbocycles. The zero-order valence-electron chi connectivity index (χ0n) is 12.6. The SMILES string of the molecule is CNC(=O)N(C)C(=O)c1cnc2c(c1)c(=O)[nH]c(=O)n2C1CC1. The Balaban J connectivity index is 2.13. The van der Waals surface area contributed by atoms with Crippen molar-refractivity contribution in [2.75, 3.05) is 14.1 Å². The van der Waals surface area contributed by atoms with Gasteiger partial charge in [0.2, 0.25) is 0 Å². The lowest BCUT2D eigenvalue weighted by atomic mass is 10.2. The molecule has 1 aliphatic rings. The standard InChI is InChI=1S/C14H15N5O4/c1-15-13(22)18(2)12(21)7-5-9-10(16-6-7)19(8-3-4-8)14(23)17-11(9)20/h5-6,8H,3-4H2,1-2H3,(H,15,22)(H,17,20,23). The van der Waals surface area contributed by atoms with Gasteiger partial charge in [-0.25, -0.2) is 14.6 Å². The molecule has 9 nitrogen and oxygen atoms in total. The molecule has 0 bridgehead atoms. The molecule has 3 amide bonds. The van der Waals surface area contributed by atoms with Gasteiger partial charge in [-0.15, -0.1) is 0 Å². The first-order valence-electron chi connectivity index (χ1n) is 7.08. The molecule has 2 aromatic heterocycles. The highest BCUT2D eigenvalue weighted by Crippen LogP contribution is 2.34. The van der Waals surface area contributed by atoms with E-state index >= 15 is 0 Å². The molecular weight excluding hydrogens is 302 g/mol. The fraction of sp³-hybridized carbons (Fsp3) is 0.357. The lowest BCUT2D eigenvalue weighted by molar-refractivity contribution is 0.0832. The molecule has 0 unspecified atom stereocenters. The zero-order valence-corrected chi connectivity index (χ0v) is 12.6. The van der Waals surface area contributed by atoms with Gasteiger partial charge in [-0.3, -0.25) is 24.0 Å². The first-order chi connectivity index (χ1) is 10.9. The van der Waals surface area contributed by atoms with Gasteiger partial charge in [-0.1, -0.05) is 0 Å². The number of imide groups is 1. The van der Waals surface area contributed by atoms with E-state index in [2.05, 4.69) is 15.3 Å². The minimum Gasteiger partial charge on any atom is -0.341 e. The van der Waals surface area contributed by atoms with Crippen LogP contribution in [0.1, 0.15) is 29.2 Å². The van der Waals surface area contributed by atoms with Crippen LogP contribution in [0.4, 0.5) is 4.79 Å². The van der Waals surface area contributed by atoms with Gasteiger partial charge in [0.15, 0.2) is 0 Å². The van der Waals surface area contributed by atoms with Crippen molar-refractivity contribution in [3.05, 3.63) is 38.7 Å². The number of fused-ring (bicyclic) bond motifs is 1. The minimum atomic E-state index is -0.605. The number of hydrogen-bond acceptors (Lipinski definition) is 5. The summed E-state index contributed by atoms with van der Waals surface area (Å²) in [6.45, 7) is 0. The van der Waals surface area contributed by atoms with E-state index in [0.717, 1.165) is 17.7 Å². The summed E-state index contributed by atoms with van der Waals surface area (Å²) in [4.78, 5) is 54.9. The van der Waals surface area contributed by atoms with Crippen molar-refractivity contribution in [1.82, 2.24) is 24.8 Å². The second kappa shape index (κ2) is 5.34. The van der Waals surface area contributed by atoms with Crippen molar-refractivity contribution in [2.45, 2.75) is 18.9 Å². The van der Waals surface area contributed by atoms with Crippen LogP contribution in [-0.4, -0.2) is 45.5 Å². The summed E-state index contributed by atoms with van der Waals surface area (Å²) >= 11 is 0. The second-order valence-corrected chi connectivity index (χ2v) is 5.37. The molecule has 2 N–H and O–H groups in total. The van der Waals surface area contributed by atoms with Crippen LogP contribution in [0.25, 0.3) is 11.0 Å². The van der Waals surface area contributed by atoms with Crippen LogP contribution in [-0.2, 0) is 0 Å². The molecule has 120 valence electrons. The number of amides is 3. The number of aromatic nitrogens is 3. The summed E-state index contributed by atoms with van der Waals surface area (Å²) in [6, 6.07) is 0.803. The third-order valence-electron chi connectivity index (χ3n) is 3.76. The van der Waals surface area contributed by atoms with Crippen molar-refractivity contribution >= 4 is 23.0 Å². The second-order valence-electron chi connectivity index (χ2n) is 5.37. The van der Waals surface area contributed by atoms with E-state index in [-0.39, 0.29) is 22.6 Å². The molecule has 0 atom stereocenters. The average molecular weight is 317 g/mol. The van der Waals surface area contributed by atoms with Crippen LogP contribution in [0.3, 0.4) is 0 Å². The van der Waals surface area contributed by atoms with Crippen molar-refractivity contribution in [1.29, 1.82) is 0 Å². The Morgan fingerprint density at radius 3 is 2.70 bits per heavy atom. The Kier molecular flexibility index (Phi) is 3.47. The minimum absolute atomic E-state index is 0.0319. The molecule has 0 aliphatic heterocycles. The molecule has 2 aromatic rings. The fourth-order valence-corrected chi connectivity index (χ4v) is 2.38. The zero-order chi connectivity index (χ0) is 16.7. The maximum Gasteiger partial charge on any atom is 0.330 e. The summed E-state index contributed by atoms with van der Waals surface area (Å²) < 4.78 is 1.44. The Morgan fingerprint density at radius 1 is 1.39 bits per heavy atom. The van der Waals surface area contributed by atoms with Crippen LogP contribution in [0.2, 0.25) is 0 Å². The highest BCUT2D eigenvalue weighted by atomic mass is 16.2. The largest absolute Gasteiger partial charge is 0.341 e. The predicted octanol–water partition coefficient (Wildman–Crippen LogP) is -0.169. The maximum absolute atomic E-state index is 12.2. The maximum atomic E-state index is 12.2. The van der Waals surface area contributed by atoms with Crippen LogP contribution >= 0.6 is 0 Å².